The molecule has 1 heterocycles. The van der Waals surface area contributed by atoms with Crippen LogP contribution in [-0.4, -0.2) is 11.8 Å². The van der Waals surface area contributed by atoms with Crippen LogP contribution in [0.15, 0.2) is 91.0 Å². The summed E-state index contributed by atoms with van der Waals surface area (Å²) < 4.78 is -0.717. The van der Waals surface area contributed by atoms with E-state index in [1.54, 1.807) is 0 Å². The van der Waals surface area contributed by atoms with E-state index in [1.807, 2.05) is 66.7 Å². The number of hydrogen-bond acceptors (Lipinski definition) is 2. The van der Waals surface area contributed by atoms with E-state index in [-0.39, 0.29) is 17.7 Å². The summed E-state index contributed by atoms with van der Waals surface area (Å²) in [6.45, 7) is 0. The zero-order valence-corrected chi connectivity index (χ0v) is 18.6. The zero-order chi connectivity index (χ0) is 21.6. The minimum absolute atomic E-state index is 0.103. The number of amides is 2. The lowest BCUT2D eigenvalue weighted by Crippen LogP contribution is -2.50. The Morgan fingerprint density at radius 1 is 0.688 bits per heavy atom. The van der Waals surface area contributed by atoms with Gasteiger partial charge in [-0.05, 0) is 33.7 Å². The van der Waals surface area contributed by atoms with Crippen molar-refractivity contribution < 1.29 is 9.59 Å². The molecule has 4 aromatic rings. The summed E-state index contributed by atoms with van der Waals surface area (Å²) in [5.74, 6) is -1.26. The minimum Gasteiger partial charge on any atom is -0.274 e. The number of benzene rings is 4. The van der Waals surface area contributed by atoms with E-state index in [2.05, 4.69) is 40.2 Å². The van der Waals surface area contributed by atoms with E-state index < -0.39 is 16.2 Å². The summed E-state index contributed by atoms with van der Waals surface area (Å²) in [5.41, 5.74) is 5.17. The number of halogens is 1. The van der Waals surface area contributed by atoms with Gasteiger partial charge in [-0.25, -0.2) is 4.90 Å². The van der Waals surface area contributed by atoms with Crippen LogP contribution in [0.3, 0.4) is 0 Å². The van der Waals surface area contributed by atoms with Gasteiger partial charge >= 0.3 is 0 Å². The third kappa shape index (κ3) is 2.02. The molecule has 0 aromatic heterocycles. The summed E-state index contributed by atoms with van der Waals surface area (Å²) in [6.07, 6.45) is 0. The van der Waals surface area contributed by atoms with Gasteiger partial charge in [0.05, 0.1) is 21.8 Å². The van der Waals surface area contributed by atoms with Gasteiger partial charge in [0.2, 0.25) is 11.8 Å². The standard InChI is InChI=1S/C28H18BrNO2/c29-28-20-13-5-3-11-18(20)23(19-12-4-6-14-21(19)28)24-25(28)27(32)30(26(24)31)22-15-7-9-16-8-1-2-10-17(16)22/h1-15,23-25H/t23?,24-,25?,28?/m0/s1. The molecule has 0 N–H and O–H groups in total. The lowest BCUT2D eigenvalue weighted by molar-refractivity contribution is -0.122. The van der Waals surface area contributed by atoms with Gasteiger partial charge in [0.1, 0.15) is 0 Å². The van der Waals surface area contributed by atoms with Crippen LogP contribution in [0.25, 0.3) is 10.8 Å². The van der Waals surface area contributed by atoms with Crippen molar-refractivity contribution >= 4 is 44.2 Å². The number of fused-ring (bicyclic) bond motifs is 1. The number of rotatable bonds is 1. The molecule has 0 radical (unpaired) electrons. The fourth-order valence-electron chi connectivity index (χ4n) is 6.32. The van der Waals surface area contributed by atoms with Gasteiger partial charge in [0.25, 0.3) is 0 Å². The Morgan fingerprint density at radius 3 is 2.00 bits per heavy atom. The van der Waals surface area contributed by atoms with Crippen molar-refractivity contribution in [3.8, 4) is 0 Å². The average Bonchev–Trinajstić information content (AvgIpc) is 3.10. The fraction of sp³-hybridized carbons (Fsp3) is 0.143. The van der Waals surface area contributed by atoms with Gasteiger partial charge in [-0.3, -0.25) is 9.59 Å². The molecule has 0 spiro atoms. The number of nitrogens with zero attached hydrogens (tertiary/aromatic N) is 1. The van der Waals surface area contributed by atoms with E-state index in [9.17, 15) is 9.59 Å². The number of carbonyl (C=O) groups excluding carboxylic acids is 2. The largest absolute Gasteiger partial charge is 0.274 e. The quantitative estimate of drug-likeness (QED) is 0.257. The van der Waals surface area contributed by atoms with Crippen LogP contribution >= 0.6 is 15.9 Å². The topological polar surface area (TPSA) is 37.4 Å². The molecule has 2 amide bonds. The molecule has 1 unspecified atom stereocenters. The summed E-state index contributed by atoms with van der Waals surface area (Å²) in [5, 5.41) is 1.94. The smallest absolute Gasteiger partial charge is 0.239 e. The van der Waals surface area contributed by atoms with Gasteiger partial charge in [-0.1, -0.05) is 101 Å². The van der Waals surface area contributed by atoms with Gasteiger partial charge in [-0.15, -0.1) is 0 Å². The van der Waals surface area contributed by atoms with E-state index in [0.717, 1.165) is 33.0 Å². The third-order valence-electron chi connectivity index (χ3n) is 7.52. The van der Waals surface area contributed by atoms with Gasteiger partial charge in [-0.2, -0.15) is 0 Å². The Bertz CT molecular complexity index is 1420. The first kappa shape index (κ1) is 18.3. The number of anilines is 1. The first-order valence-corrected chi connectivity index (χ1v) is 11.6. The van der Waals surface area contributed by atoms with Crippen LogP contribution in [0.2, 0.25) is 0 Å². The lowest BCUT2D eigenvalue weighted by atomic mass is 9.55. The Labute approximate surface area is 193 Å². The van der Waals surface area contributed by atoms with Crippen molar-refractivity contribution in [1.82, 2.24) is 0 Å². The normalized spacial score (nSPS) is 27.4. The summed E-state index contributed by atoms with van der Waals surface area (Å²) in [4.78, 5) is 29.6. The van der Waals surface area contributed by atoms with Crippen LogP contribution < -0.4 is 4.90 Å². The highest BCUT2D eigenvalue weighted by Crippen LogP contribution is 2.66. The van der Waals surface area contributed by atoms with Crippen LogP contribution in [0, 0.1) is 11.8 Å². The molecular formula is C28H18BrNO2. The average molecular weight is 480 g/mol. The molecule has 2 atom stereocenters. The second-order valence-electron chi connectivity index (χ2n) is 8.88. The number of imide groups is 1. The van der Waals surface area contributed by atoms with Crippen molar-refractivity contribution in [2.24, 2.45) is 11.8 Å². The maximum absolute atomic E-state index is 14.1. The van der Waals surface area contributed by atoms with Gasteiger partial charge in [0.15, 0.2) is 0 Å². The second kappa shape index (κ2) is 6.17. The third-order valence-corrected chi connectivity index (χ3v) is 8.87. The summed E-state index contributed by atoms with van der Waals surface area (Å²) in [6, 6.07) is 30.2. The van der Waals surface area contributed by atoms with E-state index >= 15 is 0 Å². The summed E-state index contributed by atoms with van der Waals surface area (Å²) in [7, 11) is 0. The van der Waals surface area contributed by atoms with Crippen molar-refractivity contribution in [1.29, 1.82) is 0 Å². The monoisotopic (exact) mass is 479 g/mol. The van der Waals surface area contributed by atoms with Crippen molar-refractivity contribution in [2.75, 3.05) is 4.90 Å². The van der Waals surface area contributed by atoms with Gasteiger partial charge < -0.3 is 0 Å². The first-order chi connectivity index (χ1) is 15.6. The highest BCUT2D eigenvalue weighted by molar-refractivity contribution is 9.09. The van der Waals surface area contributed by atoms with Crippen molar-refractivity contribution in [3.05, 3.63) is 113 Å². The summed E-state index contributed by atoms with van der Waals surface area (Å²) >= 11 is 4.06. The molecule has 154 valence electrons. The molecule has 8 rings (SSSR count). The van der Waals surface area contributed by atoms with Crippen molar-refractivity contribution in [3.63, 3.8) is 0 Å². The van der Waals surface area contributed by atoms with E-state index in [1.165, 1.54) is 4.90 Å². The molecule has 2 bridgehead atoms. The fourth-order valence-corrected chi connectivity index (χ4v) is 7.52. The molecule has 3 aliphatic carbocycles. The van der Waals surface area contributed by atoms with E-state index in [0.29, 0.717) is 5.69 Å². The molecule has 4 aliphatic rings. The van der Waals surface area contributed by atoms with Crippen LogP contribution in [0.4, 0.5) is 5.69 Å². The Kier molecular flexibility index (Phi) is 3.54. The van der Waals surface area contributed by atoms with Crippen LogP contribution in [0.5, 0.6) is 0 Å². The highest BCUT2D eigenvalue weighted by Gasteiger charge is 2.67. The second-order valence-corrected chi connectivity index (χ2v) is 10.1. The van der Waals surface area contributed by atoms with Crippen LogP contribution in [0.1, 0.15) is 28.2 Å². The van der Waals surface area contributed by atoms with E-state index in [4.69, 9.17) is 0 Å². The number of alkyl halides is 1. The SMILES string of the molecule is O=C1C2[C@@H](C(=O)N1c1cccc3ccccc13)C1c3ccccc3C2(Br)c2ccccc21. The molecular weight excluding hydrogens is 462 g/mol. The molecule has 4 aromatic carbocycles. The first-order valence-electron chi connectivity index (χ1n) is 10.9. The van der Waals surface area contributed by atoms with Crippen molar-refractivity contribution in [2.45, 2.75) is 10.2 Å². The minimum atomic E-state index is -0.717. The number of carbonyl (C=O) groups is 2. The highest BCUT2D eigenvalue weighted by atomic mass is 79.9. The molecule has 4 heteroatoms. The molecule has 1 fully saturated rings. The van der Waals surface area contributed by atoms with Gasteiger partial charge in [0, 0.05) is 11.3 Å². The molecule has 3 nitrogen and oxygen atoms in total. The molecule has 32 heavy (non-hydrogen) atoms. The maximum atomic E-state index is 14.1. The zero-order valence-electron chi connectivity index (χ0n) is 17.0. The predicted molar refractivity (Wildman–Crippen MR) is 128 cm³/mol. The maximum Gasteiger partial charge on any atom is 0.239 e. The van der Waals surface area contributed by atoms with Crippen LogP contribution in [-0.2, 0) is 13.9 Å². The lowest BCUT2D eigenvalue weighted by Gasteiger charge is -2.51. The Morgan fingerprint density at radius 2 is 1.28 bits per heavy atom. The molecule has 0 saturated carbocycles. The Hall–Kier alpha value is -3.24. The Balaban J connectivity index is 1.50. The number of hydrogen-bond donors (Lipinski definition) is 0. The molecule has 1 saturated heterocycles. The predicted octanol–water partition coefficient (Wildman–Crippen LogP) is 5.74. The molecule has 1 aliphatic heterocycles.